The Hall–Kier alpha value is -1.72. The Kier molecular flexibility index (Phi) is 4.58. The standard InChI is InChI=1S/C12H14F3NO2/c1-9-3-5-10(6-4-9)18-8-7-16(2)11(17)12(13,14)15/h3-6H,7-8H2,1-2H3. The first-order valence-electron chi connectivity index (χ1n) is 5.32. The number of carbonyl (C=O) groups is 1. The molecule has 0 N–H and O–H groups in total. The lowest BCUT2D eigenvalue weighted by Crippen LogP contribution is -2.40. The Bertz CT molecular complexity index is 401. The second-order valence-corrected chi connectivity index (χ2v) is 3.89. The van der Waals surface area contributed by atoms with Gasteiger partial charge < -0.3 is 9.64 Å². The minimum absolute atomic E-state index is 0.0153. The molecule has 0 saturated carbocycles. The van der Waals surface area contributed by atoms with Gasteiger partial charge >= 0.3 is 12.1 Å². The molecule has 1 rings (SSSR count). The number of benzene rings is 1. The number of ether oxygens (including phenoxy) is 1. The van der Waals surface area contributed by atoms with Gasteiger partial charge in [0.25, 0.3) is 0 Å². The molecule has 0 aliphatic carbocycles. The number of hydrogen-bond acceptors (Lipinski definition) is 2. The van der Waals surface area contributed by atoms with Gasteiger partial charge in [0.2, 0.25) is 0 Å². The Morgan fingerprint density at radius 2 is 1.83 bits per heavy atom. The van der Waals surface area contributed by atoms with Crippen LogP contribution in [0.5, 0.6) is 5.75 Å². The second-order valence-electron chi connectivity index (χ2n) is 3.89. The van der Waals surface area contributed by atoms with Crippen molar-refractivity contribution in [3.8, 4) is 5.75 Å². The van der Waals surface area contributed by atoms with Crippen LogP contribution < -0.4 is 4.74 Å². The molecule has 0 heterocycles. The summed E-state index contributed by atoms with van der Waals surface area (Å²) in [5.74, 6) is -1.30. The molecule has 18 heavy (non-hydrogen) atoms. The number of halogens is 3. The molecule has 1 aromatic rings. The van der Waals surface area contributed by atoms with Crippen molar-refractivity contribution in [3.05, 3.63) is 29.8 Å². The van der Waals surface area contributed by atoms with E-state index in [1.807, 2.05) is 19.1 Å². The average molecular weight is 261 g/mol. The van der Waals surface area contributed by atoms with E-state index in [9.17, 15) is 18.0 Å². The second kappa shape index (κ2) is 5.75. The van der Waals surface area contributed by atoms with E-state index in [2.05, 4.69) is 0 Å². The fourth-order valence-electron chi connectivity index (χ4n) is 1.25. The lowest BCUT2D eigenvalue weighted by Gasteiger charge is -2.18. The maximum Gasteiger partial charge on any atom is 0.471 e. The Labute approximate surface area is 103 Å². The van der Waals surface area contributed by atoms with Crippen LogP contribution in [0.15, 0.2) is 24.3 Å². The number of aryl methyl sites for hydroxylation is 1. The molecule has 6 heteroatoms. The van der Waals surface area contributed by atoms with Crippen molar-refractivity contribution in [3.63, 3.8) is 0 Å². The van der Waals surface area contributed by atoms with Crippen LogP contribution in [0.2, 0.25) is 0 Å². The predicted molar refractivity (Wildman–Crippen MR) is 60.4 cm³/mol. The summed E-state index contributed by atoms with van der Waals surface area (Å²) in [6.07, 6.45) is -4.83. The summed E-state index contributed by atoms with van der Waals surface area (Å²) in [4.78, 5) is 11.4. The smallest absolute Gasteiger partial charge is 0.471 e. The molecule has 0 fully saturated rings. The van der Waals surface area contributed by atoms with Crippen LogP contribution in [0.4, 0.5) is 13.2 Å². The summed E-state index contributed by atoms with van der Waals surface area (Å²) in [5, 5.41) is 0. The van der Waals surface area contributed by atoms with E-state index in [0.29, 0.717) is 10.6 Å². The maximum atomic E-state index is 12.1. The summed E-state index contributed by atoms with van der Waals surface area (Å²) < 4.78 is 41.4. The topological polar surface area (TPSA) is 29.5 Å². The average Bonchev–Trinajstić information content (AvgIpc) is 2.29. The molecule has 0 spiro atoms. The Balaban J connectivity index is 2.38. The van der Waals surface area contributed by atoms with Crippen LogP contribution in [0, 0.1) is 6.92 Å². The van der Waals surface area contributed by atoms with Crippen LogP contribution >= 0.6 is 0 Å². The van der Waals surface area contributed by atoms with Gasteiger partial charge in [-0.1, -0.05) is 17.7 Å². The molecule has 0 saturated heterocycles. The van der Waals surface area contributed by atoms with E-state index in [0.717, 1.165) is 12.6 Å². The van der Waals surface area contributed by atoms with Crippen molar-refractivity contribution in [2.45, 2.75) is 13.1 Å². The van der Waals surface area contributed by atoms with Gasteiger partial charge in [0.15, 0.2) is 0 Å². The SMILES string of the molecule is Cc1ccc(OCCN(C)C(=O)C(F)(F)F)cc1. The molecule has 100 valence electrons. The van der Waals surface area contributed by atoms with Crippen LogP contribution in [0.3, 0.4) is 0 Å². The van der Waals surface area contributed by atoms with E-state index in [4.69, 9.17) is 4.74 Å². The third-order valence-corrected chi connectivity index (χ3v) is 2.31. The number of rotatable bonds is 4. The van der Waals surface area contributed by atoms with Gasteiger partial charge in [-0.05, 0) is 19.1 Å². The first-order valence-corrected chi connectivity index (χ1v) is 5.32. The van der Waals surface area contributed by atoms with Crippen LogP contribution in [-0.2, 0) is 4.79 Å². The first-order chi connectivity index (χ1) is 8.30. The van der Waals surface area contributed by atoms with Crippen molar-refractivity contribution >= 4 is 5.91 Å². The van der Waals surface area contributed by atoms with Crippen LogP contribution in [0.1, 0.15) is 5.56 Å². The molecule has 0 aliphatic rings. The van der Waals surface area contributed by atoms with Gasteiger partial charge in [-0.15, -0.1) is 0 Å². The van der Waals surface area contributed by atoms with E-state index >= 15 is 0 Å². The summed E-state index contributed by atoms with van der Waals surface area (Å²) in [7, 11) is 1.09. The molecule has 1 amide bonds. The van der Waals surface area contributed by atoms with Gasteiger partial charge in [-0.3, -0.25) is 4.79 Å². The van der Waals surface area contributed by atoms with Crippen molar-refractivity contribution in [2.24, 2.45) is 0 Å². The molecular weight excluding hydrogens is 247 g/mol. The summed E-state index contributed by atoms with van der Waals surface area (Å²) in [6, 6.07) is 7.11. The van der Waals surface area contributed by atoms with E-state index in [1.54, 1.807) is 12.1 Å². The number of amides is 1. The van der Waals surface area contributed by atoms with Gasteiger partial charge in [-0.2, -0.15) is 13.2 Å². The highest BCUT2D eigenvalue weighted by Gasteiger charge is 2.40. The highest BCUT2D eigenvalue weighted by atomic mass is 19.4. The maximum absolute atomic E-state index is 12.1. The molecule has 0 atom stereocenters. The number of hydrogen-bond donors (Lipinski definition) is 0. The molecule has 0 unspecified atom stereocenters. The molecular formula is C12H14F3NO2. The highest BCUT2D eigenvalue weighted by Crippen LogP contribution is 2.17. The predicted octanol–water partition coefficient (Wildman–Crippen LogP) is 2.39. The van der Waals surface area contributed by atoms with Gasteiger partial charge in [0.05, 0.1) is 6.54 Å². The number of likely N-dealkylation sites (N-methyl/N-ethyl adjacent to an activating group) is 1. The largest absolute Gasteiger partial charge is 0.492 e. The number of alkyl halides is 3. The number of carbonyl (C=O) groups excluding carboxylic acids is 1. The molecule has 0 aliphatic heterocycles. The zero-order valence-corrected chi connectivity index (χ0v) is 10.1. The lowest BCUT2D eigenvalue weighted by atomic mass is 10.2. The quantitative estimate of drug-likeness (QED) is 0.833. The molecule has 0 bridgehead atoms. The van der Waals surface area contributed by atoms with Crippen LogP contribution in [-0.4, -0.2) is 37.2 Å². The normalized spacial score (nSPS) is 11.2. The van der Waals surface area contributed by atoms with Crippen molar-refractivity contribution < 1.29 is 22.7 Å². The molecule has 0 aromatic heterocycles. The summed E-state index contributed by atoms with van der Waals surface area (Å²) in [5.41, 5.74) is 1.06. The van der Waals surface area contributed by atoms with Crippen molar-refractivity contribution in [2.75, 3.05) is 20.2 Å². The van der Waals surface area contributed by atoms with E-state index < -0.39 is 12.1 Å². The van der Waals surface area contributed by atoms with Crippen molar-refractivity contribution in [1.82, 2.24) is 4.90 Å². The Morgan fingerprint density at radius 1 is 1.28 bits per heavy atom. The van der Waals surface area contributed by atoms with Gasteiger partial charge in [-0.25, -0.2) is 0 Å². The molecule has 0 radical (unpaired) electrons. The highest BCUT2D eigenvalue weighted by molar-refractivity contribution is 5.81. The fraction of sp³-hybridized carbons (Fsp3) is 0.417. The summed E-state index contributed by atoms with van der Waals surface area (Å²) in [6.45, 7) is 1.81. The fourth-order valence-corrected chi connectivity index (χ4v) is 1.25. The van der Waals surface area contributed by atoms with E-state index in [1.165, 1.54) is 0 Å². The third-order valence-electron chi connectivity index (χ3n) is 2.31. The van der Waals surface area contributed by atoms with E-state index in [-0.39, 0.29) is 13.2 Å². The first kappa shape index (κ1) is 14.3. The minimum Gasteiger partial charge on any atom is -0.492 e. The van der Waals surface area contributed by atoms with Crippen molar-refractivity contribution in [1.29, 1.82) is 0 Å². The van der Waals surface area contributed by atoms with Crippen LogP contribution in [0.25, 0.3) is 0 Å². The van der Waals surface area contributed by atoms with Gasteiger partial charge in [0.1, 0.15) is 12.4 Å². The zero-order chi connectivity index (χ0) is 13.8. The lowest BCUT2D eigenvalue weighted by molar-refractivity contribution is -0.184. The Morgan fingerprint density at radius 3 is 2.33 bits per heavy atom. The van der Waals surface area contributed by atoms with Gasteiger partial charge in [0, 0.05) is 7.05 Å². The third kappa shape index (κ3) is 4.27. The minimum atomic E-state index is -4.83. The molecule has 1 aromatic carbocycles. The summed E-state index contributed by atoms with van der Waals surface area (Å²) >= 11 is 0. The monoisotopic (exact) mass is 261 g/mol. The zero-order valence-electron chi connectivity index (χ0n) is 10.1. The molecule has 3 nitrogen and oxygen atoms in total. The number of nitrogens with zero attached hydrogens (tertiary/aromatic N) is 1.